The Labute approximate surface area is 93.3 Å². The van der Waals surface area contributed by atoms with E-state index < -0.39 is 17.8 Å². The highest BCUT2D eigenvalue weighted by molar-refractivity contribution is 7.10. The Morgan fingerprint density at radius 1 is 1.62 bits per heavy atom. The number of halogens is 3. The van der Waals surface area contributed by atoms with Crippen LogP contribution in [0.4, 0.5) is 13.2 Å². The van der Waals surface area contributed by atoms with Crippen LogP contribution in [0.5, 0.6) is 0 Å². The lowest BCUT2D eigenvalue weighted by atomic mass is 10.4. The summed E-state index contributed by atoms with van der Waals surface area (Å²) in [5.74, 6) is 4.19. The zero-order valence-electron chi connectivity index (χ0n) is 8.09. The fraction of sp³-hybridized carbons (Fsp3) is 0.333. The average Bonchev–Trinajstić information content (AvgIpc) is 2.65. The molecule has 0 saturated heterocycles. The van der Waals surface area contributed by atoms with Crippen LogP contribution in [0.3, 0.4) is 0 Å². The SMILES string of the molecule is COC(=O)CC#Cc1nc(C(F)(F)F)cs1. The molecule has 0 spiro atoms. The predicted molar refractivity (Wildman–Crippen MR) is 50.6 cm³/mol. The zero-order chi connectivity index (χ0) is 12.2. The first-order valence-corrected chi connectivity index (χ1v) is 4.90. The minimum atomic E-state index is -4.46. The van der Waals surface area contributed by atoms with Gasteiger partial charge in [-0.15, -0.1) is 11.3 Å². The molecule has 1 rings (SSSR count). The molecule has 86 valence electrons. The first-order valence-electron chi connectivity index (χ1n) is 4.02. The number of carbonyl (C=O) groups is 1. The van der Waals surface area contributed by atoms with Crippen LogP contribution in [0.2, 0.25) is 0 Å². The van der Waals surface area contributed by atoms with E-state index in [1.54, 1.807) is 0 Å². The van der Waals surface area contributed by atoms with Crippen LogP contribution in [0.15, 0.2) is 5.38 Å². The van der Waals surface area contributed by atoms with Gasteiger partial charge in [0.1, 0.15) is 6.42 Å². The van der Waals surface area contributed by atoms with Crippen LogP contribution < -0.4 is 0 Å². The molecule has 0 aliphatic rings. The molecule has 0 aliphatic heterocycles. The van der Waals surface area contributed by atoms with Crippen molar-refractivity contribution < 1.29 is 22.7 Å². The molecule has 0 radical (unpaired) electrons. The maximum absolute atomic E-state index is 12.1. The van der Waals surface area contributed by atoms with Gasteiger partial charge >= 0.3 is 12.1 Å². The van der Waals surface area contributed by atoms with Crippen molar-refractivity contribution in [2.45, 2.75) is 12.6 Å². The van der Waals surface area contributed by atoms with Gasteiger partial charge in [0.15, 0.2) is 10.7 Å². The highest BCUT2D eigenvalue weighted by atomic mass is 32.1. The maximum Gasteiger partial charge on any atom is 0.434 e. The standard InChI is InChI=1S/C9H6F3NO2S/c1-15-8(14)4-2-3-7-13-6(5-16-7)9(10,11)12/h5H,4H2,1H3. The van der Waals surface area contributed by atoms with Gasteiger partial charge in [-0.2, -0.15) is 13.2 Å². The van der Waals surface area contributed by atoms with Gasteiger partial charge in [-0.25, -0.2) is 4.98 Å². The second-order valence-electron chi connectivity index (χ2n) is 2.59. The number of alkyl halides is 3. The second kappa shape index (κ2) is 4.99. The van der Waals surface area contributed by atoms with E-state index in [-0.39, 0.29) is 11.4 Å². The van der Waals surface area contributed by atoms with Gasteiger partial charge in [-0.3, -0.25) is 4.79 Å². The molecule has 0 fully saturated rings. The van der Waals surface area contributed by atoms with Gasteiger partial charge in [0, 0.05) is 5.38 Å². The van der Waals surface area contributed by atoms with Crippen molar-refractivity contribution in [2.24, 2.45) is 0 Å². The number of esters is 1. The average molecular weight is 249 g/mol. The molecule has 1 aromatic rings. The molecule has 0 unspecified atom stereocenters. The summed E-state index contributed by atoms with van der Waals surface area (Å²) in [5.41, 5.74) is -0.972. The fourth-order valence-corrected chi connectivity index (χ4v) is 1.42. The van der Waals surface area contributed by atoms with Crippen LogP contribution in [0, 0.1) is 11.8 Å². The van der Waals surface area contributed by atoms with E-state index in [4.69, 9.17) is 0 Å². The fourth-order valence-electron chi connectivity index (χ4n) is 0.725. The van der Waals surface area contributed by atoms with E-state index in [2.05, 4.69) is 21.6 Å². The Morgan fingerprint density at radius 2 is 2.31 bits per heavy atom. The van der Waals surface area contributed by atoms with Crippen LogP contribution in [0.1, 0.15) is 17.1 Å². The Bertz CT molecular complexity index is 442. The number of hydrogen-bond acceptors (Lipinski definition) is 4. The highest BCUT2D eigenvalue weighted by Crippen LogP contribution is 2.29. The van der Waals surface area contributed by atoms with Crippen LogP contribution in [-0.2, 0) is 15.7 Å². The number of thiazole rings is 1. The third kappa shape index (κ3) is 3.55. The monoisotopic (exact) mass is 249 g/mol. The largest absolute Gasteiger partial charge is 0.468 e. The molecule has 0 aromatic carbocycles. The van der Waals surface area contributed by atoms with Gasteiger partial charge in [-0.05, 0) is 5.92 Å². The van der Waals surface area contributed by atoms with Crippen molar-refractivity contribution >= 4 is 17.3 Å². The summed E-state index contributed by atoms with van der Waals surface area (Å²) in [6.07, 6.45) is -4.63. The van der Waals surface area contributed by atoms with E-state index in [0.717, 1.165) is 16.7 Å². The number of aromatic nitrogens is 1. The number of ether oxygens (including phenoxy) is 1. The Morgan fingerprint density at radius 3 is 2.81 bits per heavy atom. The number of methoxy groups -OCH3 is 1. The molecule has 7 heteroatoms. The summed E-state index contributed by atoms with van der Waals surface area (Å²) in [6, 6.07) is 0. The minimum absolute atomic E-state index is 0.0243. The smallest absolute Gasteiger partial charge is 0.434 e. The van der Waals surface area contributed by atoms with Gasteiger partial charge in [-0.1, -0.05) is 5.92 Å². The van der Waals surface area contributed by atoms with Crippen molar-refractivity contribution in [1.82, 2.24) is 4.98 Å². The number of nitrogens with zero attached hydrogens (tertiary/aromatic N) is 1. The summed E-state index contributed by atoms with van der Waals surface area (Å²) >= 11 is 0.779. The summed E-state index contributed by atoms with van der Waals surface area (Å²) in [6.45, 7) is 0. The second-order valence-corrected chi connectivity index (χ2v) is 3.45. The highest BCUT2D eigenvalue weighted by Gasteiger charge is 2.33. The molecule has 0 saturated carbocycles. The van der Waals surface area contributed by atoms with E-state index in [1.807, 2.05) is 0 Å². The third-order valence-electron chi connectivity index (χ3n) is 1.45. The molecular formula is C9H6F3NO2S. The van der Waals surface area contributed by atoms with Gasteiger partial charge in [0.05, 0.1) is 7.11 Å². The van der Waals surface area contributed by atoms with Gasteiger partial charge in [0.2, 0.25) is 0 Å². The van der Waals surface area contributed by atoms with Crippen molar-refractivity contribution in [3.8, 4) is 11.8 Å². The van der Waals surface area contributed by atoms with Crippen molar-refractivity contribution in [1.29, 1.82) is 0 Å². The Balaban J connectivity index is 2.69. The predicted octanol–water partition coefficient (Wildman–Crippen LogP) is 2.08. The van der Waals surface area contributed by atoms with Crippen molar-refractivity contribution in [2.75, 3.05) is 7.11 Å². The van der Waals surface area contributed by atoms with Gasteiger partial charge in [0.25, 0.3) is 0 Å². The van der Waals surface area contributed by atoms with E-state index in [1.165, 1.54) is 7.11 Å². The summed E-state index contributed by atoms with van der Waals surface area (Å²) in [4.78, 5) is 13.9. The third-order valence-corrected chi connectivity index (χ3v) is 2.21. The lowest BCUT2D eigenvalue weighted by molar-refractivity contribution is -0.141. The van der Waals surface area contributed by atoms with Gasteiger partial charge < -0.3 is 4.74 Å². The minimum Gasteiger partial charge on any atom is -0.468 e. The molecule has 1 heterocycles. The molecule has 0 bridgehead atoms. The van der Waals surface area contributed by atoms with E-state index in [0.29, 0.717) is 0 Å². The molecule has 0 atom stereocenters. The zero-order valence-corrected chi connectivity index (χ0v) is 8.91. The molecule has 16 heavy (non-hydrogen) atoms. The van der Waals surface area contributed by atoms with Crippen LogP contribution in [0.25, 0.3) is 0 Å². The molecular weight excluding hydrogens is 243 g/mol. The van der Waals surface area contributed by atoms with E-state index in [9.17, 15) is 18.0 Å². The normalized spacial score (nSPS) is 10.5. The Hall–Kier alpha value is -1.55. The molecule has 3 nitrogen and oxygen atoms in total. The van der Waals surface area contributed by atoms with Crippen molar-refractivity contribution in [3.63, 3.8) is 0 Å². The quantitative estimate of drug-likeness (QED) is 0.565. The summed E-state index contributed by atoms with van der Waals surface area (Å²) in [7, 11) is 1.20. The van der Waals surface area contributed by atoms with Crippen molar-refractivity contribution in [3.05, 3.63) is 16.1 Å². The van der Waals surface area contributed by atoms with Crippen LogP contribution >= 0.6 is 11.3 Å². The molecule has 0 N–H and O–H groups in total. The lowest BCUT2D eigenvalue weighted by Gasteiger charge is -1.98. The molecule has 0 amide bonds. The number of hydrogen-bond donors (Lipinski definition) is 0. The summed E-state index contributed by atoms with van der Waals surface area (Å²) < 4.78 is 40.7. The molecule has 1 aromatic heterocycles. The topological polar surface area (TPSA) is 39.2 Å². The first-order chi connectivity index (χ1) is 7.43. The first kappa shape index (κ1) is 12.5. The summed E-state index contributed by atoms with van der Waals surface area (Å²) in [5, 5.41) is 0.901. The van der Waals surface area contributed by atoms with E-state index >= 15 is 0 Å². The Kier molecular flexibility index (Phi) is 3.90. The number of rotatable bonds is 1. The van der Waals surface area contributed by atoms with Crippen LogP contribution in [-0.4, -0.2) is 18.1 Å². The maximum atomic E-state index is 12.1. The lowest BCUT2D eigenvalue weighted by Crippen LogP contribution is -2.04. The number of carbonyl (C=O) groups excluding carboxylic acids is 1. The molecule has 0 aliphatic carbocycles.